The highest BCUT2D eigenvalue weighted by Crippen LogP contribution is 2.26. The lowest BCUT2D eigenvalue weighted by molar-refractivity contribution is 0.311. The Labute approximate surface area is 201 Å². The van der Waals surface area contributed by atoms with Gasteiger partial charge in [0.05, 0.1) is 17.6 Å². The molecule has 0 spiro atoms. The van der Waals surface area contributed by atoms with Gasteiger partial charge in [-0.1, -0.05) is 12.1 Å². The zero-order valence-corrected chi connectivity index (χ0v) is 19.7. The quantitative estimate of drug-likeness (QED) is 0.405. The first-order valence-electron chi connectivity index (χ1n) is 11.7. The lowest BCUT2D eigenvalue weighted by atomic mass is 10.2. The third-order valence-electron chi connectivity index (χ3n) is 6.37. The number of benzene rings is 2. The van der Waals surface area contributed by atoms with Crippen LogP contribution < -0.4 is 10.2 Å². The van der Waals surface area contributed by atoms with Crippen molar-refractivity contribution in [1.29, 1.82) is 0 Å². The van der Waals surface area contributed by atoms with Gasteiger partial charge in [0.2, 0.25) is 5.95 Å². The number of likely N-dealkylation sites (N-methyl/N-ethyl adjacent to an activating group) is 1. The second-order valence-electron chi connectivity index (χ2n) is 8.99. The van der Waals surface area contributed by atoms with Gasteiger partial charge in [-0.25, -0.2) is 14.4 Å². The molecule has 9 nitrogen and oxygen atoms in total. The van der Waals surface area contributed by atoms with Crippen molar-refractivity contribution < 1.29 is 4.39 Å². The minimum Gasteiger partial charge on any atom is -0.361 e. The van der Waals surface area contributed by atoms with Gasteiger partial charge in [-0.15, -0.1) is 0 Å². The molecule has 0 saturated carbocycles. The fourth-order valence-corrected chi connectivity index (χ4v) is 4.41. The van der Waals surface area contributed by atoms with E-state index in [9.17, 15) is 4.39 Å². The summed E-state index contributed by atoms with van der Waals surface area (Å²) in [5.74, 6) is 1.70. The molecule has 1 saturated heterocycles. The molecule has 0 unspecified atom stereocenters. The molecule has 35 heavy (non-hydrogen) atoms. The molecule has 2 N–H and O–H groups in total. The number of imidazole rings is 2. The summed E-state index contributed by atoms with van der Waals surface area (Å²) in [5.41, 5.74) is 4.98. The van der Waals surface area contributed by atoms with Crippen LogP contribution in [0, 0.1) is 12.7 Å². The molecule has 1 fully saturated rings. The van der Waals surface area contributed by atoms with Gasteiger partial charge in [-0.05, 0) is 43.8 Å². The van der Waals surface area contributed by atoms with E-state index in [2.05, 4.69) is 56.2 Å². The molecule has 2 aromatic carbocycles. The van der Waals surface area contributed by atoms with Crippen molar-refractivity contribution in [1.82, 2.24) is 34.4 Å². The maximum atomic E-state index is 13.6. The maximum Gasteiger partial charge on any atom is 0.229 e. The van der Waals surface area contributed by atoms with Crippen LogP contribution in [0.2, 0.25) is 0 Å². The predicted octanol–water partition coefficient (Wildman–Crippen LogP) is 3.50. The summed E-state index contributed by atoms with van der Waals surface area (Å²) < 4.78 is 15.6. The Kier molecular flexibility index (Phi) is 5.29. The molecule has 3 aromatic heterocycles. The molecular formula is C25H26FN9. The first-order chi connectivity index (χ1) is 17.0. The molecule has 5 aromatic rings. The van der Waals surface area contributed by atoms with Crippen molar-refractivity contribution >= 4 is 34.0 Å². The van der Waals surface area contributed by atoms with E-state index in [-0.39, 0.29) is 5.82 Å². The van der Waals surface area contributed by atoms with Gasteiger partial charge in [0.25, 0.3) is 0 Å². The average Bonchev–Trinajstić information content (AvgIpc) is 3.46. The van der Waals surface area contributed by atoms with Crippen LogP contribution in [0.25, 0.3) is 27.9 Å². The molecule has 1 aliphatic rings. The number of piperazine rings is 1. The highest BCUT2D eigenvalue weighted by atomic mass is 19.1. The van der Waals surface area contributed by atoms with E-state index in [1.54, 1.807) is 12.4 Å². The van der Waals surface area contributed by atoms with Crippen LogP contribution in [-0.2, 0) is 6.54 Å². The largest absolute Gasteiger partial charge is 0.361 e. The molecular weight excluding hydrogens is 445 g/mol. The minimum absolute atomic E-state index is 0.306. The highest BCUT2D eigenvalue weighted by molar-refractivity contribution is 5.85. The Balaban J connectivity index is 1.39. The first-order valence-corrected chi connectivity index (χ1v) is 11.7. The number of aryl methyl sites for hydroxylation is 1. The van der Waals surface area contributed by atoms with Crippen LogP contribution in [0.5, 0.6) is 0 Å². The summed E-state index contributed by atoms with van der Waals surface area (Å²) >= 11 is 0. The van der Waals surface area contributed by atoms with Crippen molar-refractivity contribution in [2.45, 2.75) is 13.5 Å². The van der Waals surface area contributed by atoms with Crippen LogP contribution in [0.15, 0.2) is 48.8 Å². The van der Waals surface area contributed by atoms with Crippen molar-refractivity contribution in [2.24, 2.45) is 0 Å². The van der Waals surface area contributed by atoms with Crippen LogP contribution in [0.3, 0.4) is 0 Å². The Bertz CT molecular complexity index is 1510. The van der Waals surface area contributed by atoms with Gasteiger partial charge < -0.3 is 20.1 Å². The van der Waals surface area contributed by atoms with E-state index in [1.807, 2.05) is 16.7 Å². The SMILES string of the molecule is Cc1cccc(-n2cnc3c(NCc4nc5cc(F)ccc5[nH]4)nc(N4CCN(C)CC4)nc32)c1. The van der Waals surface area contributed by atoms with Crippen LogP contribution >= 0.6 is 0 Å². The normalized spacial score (nSPS) is 14.8. The fraction of sp³-hybridized carbons (Fsp3) is 0.280. The van der Waals surface area contributed by atoms with Crippen molar-refractivity contribution in [3.63, 3.8) is 0 Å². The molecule has 1 aliphatic heterocycles. The molecule has 0 atom stereocenters. The van der Waals surface area contributed by atoms with Crippen LogP contribution in [0.1, 0.15) is 11.4 Å². The van der Waals surface area contributed by atoms with Gasteiger partial charge in [-0.2, -0.15) is 9.97 Å². The average molecular weight is 472 g/mol. The first kappa shape index (κ1) is 21.5. The molecule has 0 bridgehead atoms. The number of H-pyrrole nitrogens is 1. The van der Waals surface area contributed by atoms with Gasteiger partial charge >= 0.3 is 0 Å². The number of fused-ring (bicyclic) bond motifs is 2. The van der Waals surface area contributed by atoms with Crippen LogP contribution in [-0.4, -0.2) is 67.6 Å². The van der Waals surface area contributed by atoms with Gasteiger partial charge in [0, 0.05) is 37.9 Å². The molecule has 178 valence electrons. The lowest BCUT2D eigenvalue weighted by Crippen LogP contribution is -2.45. The van der Waals surface area contributed by atoms with E-state index in [1.165, 1.54) is 12.1 Å². The summed E-state index contributed by atoms with van der Waals surface area (Å²) in [7, 11) is 2.13. The fourth-order valence-electron chi connectivity index (χ4n) is 4.41. The van der Waals surface area contributed by atoms with Crippen molar-refractivity contribution in [3.05, 3.63) is 66.0 Å². The number of hydrogen-bond acceptors (Lipinski definition) is 7. The summed E-state index contributed by atoms with van der Waals surface area (Å²) in [6.45, 7) is 6.08. The maximum absolute atomic E-state index is 13.6. The monoisotopic (exact) mass is 471 g/mol. The molecule has 0 amide bonds. The van der Waals surface area contributed by atoms with E-state index in [0.29, 0.717) is 35.2 Å². The van der Waals surface area contributed by atoms with Gasteiger partial charge in [-0.3, -0.25) is 4.57 Å². The van der Waals surface area contributed by atoms with E-state index < -0.39 is 0 Å². The van der Waals surface area contributed by atoms with E-state index in [4.69, 9.17) is 9.97 Å². The number of aromatic amines is 1. The Hall–Kier alpha value is -4.05. The summed E-state index contributed by atoms with van der Waals surface area (Å²) in [5, 5.41) is 3.39. The van der Waals surface area contributed by atoms with Crippen molar-refractivity contribution in [3.8, 4) is 5.69 Å². The topological polar surface area (TPSA) is 90.8 Å². The number of nitrogens with zero attached hydrogens (tertiary/aromatic N) is 7. The molecule has 0 aliphatic carbocycles. The second kappa shape index (κ2) is 8.62. The second-order valence-corrected chi connectivity index (χ2v) is 8.99. The van der Waals surface area contributed by atoms with Crippen molar-refractivity contribution in [2.75, 3.05) is 43.4 Å². The highest BCUT2D eigenvalue weighted by Gasteiger charge is 2.21. The standard InChI is InChI=1S/C25H26FN9/c1-16-4-3-5-18(12-16)35-15-28-22-23(27-14-21-29-19-7-6-17(26)13-20(19)30-21)31-25(32-24(22)35)34-10-8-33(2)9-11-34/h3-7,12-13,15H,8-11,14H2,1-2H3,(H,29,30)(H,27,31,32). The smallest absolute Gasteiger partial charge is 0.229 e. The zero-order valence-electron chi connectivity index (χ0n) is 19.7. The minimum atomic E-state index is -0.306. The molecule has 6 rings (SSSR count). The van der Waals surface area contributed by atoms with Crippen LogP contribution in [0.4, 0.5) is 16.2 Å². The number of anilines is 2. The number of halogens is 1. The molecule has 0 radical (unpaired) electrons. The predicted molar refractivity (Wildman–Crippen MR) is 134 cm³/mol. The van der Waals surface area contributed by atoms with Gasteiger partial charge in [0.15, 0.2) is 17.0 Å². The van der Waals surface area contributed by atoms with E-state index in [0.717, 1.165) is 48.6 Å². The lowest BCUT2D eigenvalue weighted by Gasteiger charge is -2.32. The number of rotatable bonds is 5. The van der Waals surface area contributed by atoms with Gasteiger partial charge in [0.1, 0.15) is 18.0 Å². The Morgan fingerprint density at radius 3 is 2.71 bits per heavy atom. The third-order valence-corrected chi connectivity index (χ3v) is 6.37. The molecule has 4 heterocycles. The third kappa shape index (κ3) is 4.17. The number of hydrogen-bond donors (Lipinski definition) is 2. The Morgan fingerprint density at radius 1 is 1.03 bits per heavy atom. The molecule has 10 heteroatoms. The summed E-state index contributed by atoms with van der Waals surface area (Å²) in [4.78, 5) is 26.7. The Morgan fingerprint density at radius 2 is 1.89 bits per heavy atom. The number of aromatic nitrogens is 6. The summed E-state index contributed by atoms with van der Waals surface area (Å²) in [6.07, 6.45) is 1.79. The number of nitrogens with one attached hydrogen (secondary N) is 2. The zero-order chi connectivity index (χ0) is 23.9. The van der Waals surface area contributed by atoms with E-state index >= 15 is 0 Å². The summed E-state index contributed by atoms with van der Waals surface area (Å²) in [6, 6.07) is 12.8.